The minimum Gasteiger partial charge on any atom is -0.406 e. The van der Waals surface area contributed by atoms with Gasteiger partial charge in [0.1, 0.15) is 5.75 Å². The third-order valence-corrected chi connectivity index (χ3v) is 5.89. The summed E-state index contributed by atoms with van der Waals surface area (Å²) < 4.78 is 40.8. The lowest BCUT2D eigenvalue weighted by Gasteiger charge is -2.26. The van der Waals surface area contributed by atoms with Crippen molar-refractivity contribution in [2.45, 2.75) is 45.0 Å². The van der Waals surface area contributed by atoms with E-state index >= 15 is 0 Å². The number of guanidine groups is 1. The van der Waals surface area contributed by atoms with Crippen molar-refractivity contribution in [2.75, 3.05) is 45.9 Å². The van der Waals surface area contributed by atoms with E-state index in [0.29, 0.717) is 19.0 Å². The molecule has 2 fully saturated rings. The predicted octanol–water partition coefficient (Wildman–Crippen LogP) is 2.87. The first-order valence-electron chi connectivity index (χ1n) is 11.1. The summed E-state index contributed by atoms with van der Waals surface area (Å²) in [6, 6.07) is 6.37. The van der Waals surface area contributed by atoms with Gasteiger partial charge < -0.3 is 20.1 Å². The second-order valence-electron chi connectivity index (χ2n) is 8.27. The number of aliphatic imine (C=N–C) groups is 1. The molecule has 2 aliphatic rings. The Labute approximate surface area is 182 Å². The number of aliphatic hydroxyl groups excluding tert-OH is 1. The van der Waals surface area contributed by atoms with Crippen molar-refractivity contribution in [3.05, 3.63) is 29.8 Å². The zero-order valence-electron chi connectivity index (χ0n) is 18.1. The van der Waals surface area contributed by atoms with Crippen LogP contribution in [0.25, 0.3) is 0 Å². The van der Waals surface area contributed by atoms with Crippen molar-refractivity contribution in [2.24, 2.45) is 10.9 Å². The van der Waals surface area contributed by atoms with E-state index in [2.05, 4.69) is 19.9 Å². The highest BCUT2D eigenvalue weighted by atomic mass is 19.4. The van der Waals surface area contributed by atoms with E-state index < -0.39 is 6.36 Å². The first-order valence-corrected chi connectivity index (χ1v) is 11.1. The topological polar surface area (TPSA) is 60.3 Å². The third-order valence-electron chi connectivity index (χ3n) is 5.89. The first-order chi connectivity index (χ1) is 14.9. The minimum absolute atomic E-state index is 0.0416. The number of nitrogens with zero attached hydrogens (tertiary/aromatic N) is 3. The van der Waals surface area contributed by atoms with Gasteiger partial charge in [-0.3, -0.25) is 9.89 Å². The van der Waals surface area contributed by atoms with E-state index in [4.69, 9.17) is 4.99 Å². The quantitative estimate of drug-likeness (QED) is 0.479. The number of alkyl halides is 3. The summed E-state index contributed by atoms with van der Waals surface area (Å²) in [5.41, 5.74) is 0.837. The van der Waals surface area contributed by atoms with Gasteiger partial charge in [0.2, 0.25) is 0 Å². The number of halogens is 3. The maximum absolute atomic E-state index is 12.3. The maximum Gasteiger partial charge on any atom is 0.573 e. The van der Waals surface area contributed by atoms with Gasteiger partial charge in [-0.2, -0.15) is 0 Å². The Hall–Kier alpha value is -2.00. The van der Waals surface area contributed by atoms with Crippen LogP contribution in [0.4, 0.5) is 13.2 Å². The molecular weight excluding hydrogens is 409 g/mol. The molecule has 2 unspecified atom stereocenters. The lowest BCUT2D eigenvalue weighted by atomic mass is 10.0. The van der Waals surface area contributed by atoms with Crippen molar-refractivity contribution < 1.29 is 23.0 Å². The lowest BCUT2D eigenvalue weighted by Crippen LogP contribution is -2.43. The summed E-state index contributed by atoms with van der Waals surface area (Å²) in [5.74, 6) is 0.516. The fourth-order valence-electron chi connectivity index (χ4n) is 4.33. The van der Waals surface area contributed by atoms with Crippen molar-refractivity contribution >= 4 is 5.96 Å². The summed E-state index contributed by atoms with van der Waals surface area (Å²) in [4.78, 5) is 9.64. The molecular formula is C22H33F3N4O2. The Morgan fingerprint density at radius 3 is 2.55 bits per heavy atom. The van der Waals surface area contributed by atoms with E-state index in [1.54, 1.807) is 12.1 Å². The van der Waals surface area contributed by atoms with Crippen molar-refractivity contribution in [1.82, 2.24) is 15.1 Å². The average Bonchev–Trinajstić information content (AvgIpc) is 3.42. The van der Waals surface area contributed by atoms with Crippen molar-refractivity contribution in [1.29, 1.82) is 0 Å². The van der Waals surface area contributed by atoms with Crippen LogP contribution in [0.1, 0.15) is 31.7 Å². The molecule has 6 nitrogen and oxygen atoms in total. The normalized spacial score (nSPS) is 21.5. The molecule has 174 valence electrons. The molecule has 3 rings (SSSR count). The Balaban J connectivity index is 1.56. The molecule has 0 aromatic heterocycles. The fraction of sp³-hybridized carbons (Fsp3) is 0.682. The van der Waals surface area contributed by atoms with E-state index in [1.165, 1.54) is 38.1 Å². The van der Waals surface area contributed by atoms with Gasteiger partial charge >= 0.3 is 6.36 Å². The summed E-state index contributed by atoms with van der Waals surface area (Å²) in [5, 5.41) is 13.2. The van der Waals surface area contributed by atoms with Crippen molar-refractivity contribution in [3.8, 4) is 5.75 Å². The van der Waals surface area contributed by atoms with E-state index in [9.17, 15) is 18.3 Å². The van der Waals surface area contributed by atoms with Gasteiger partial charge in [0, 0.05) is 44.7 Å². The number of hydrogen-bond donors (Lipinski definition) is 2. The molecule has 2 aliphatic heterocycles. The second kappa shape index (κ2) is 11.0. The largest absolute Gasteiger partial charge is 0.573 e. The molecule has 0 aliphatic carbocycles. The van der Waals surface area contributed by atoms with Crippen LogP contribution >= 0.6 is 0 Å². The molecule has 0 amide bonds. The van der Waals surface area contributed by atoms with Crippen molar-refractivity contribution in [3.63, 3.8) is 0 Å². The number of nitrogens with one attached hydrogen (secondary N) is 1. The molecule has 9 heteroatoms. The molecule has 0 spiro atoms. The van der Waals surface area contributed by atoms with Crippen LogP contribution in [-0.4, -0.2) is 79.1 Å². The Kier molecular flexibility index (Phi) is 8.43. The van der Waals surface area contributed by atoms with Gasteiger partial charge in [-0.1, -0.05) is 12.1 Å². The van der Waals surface area contributed by atoms with Crippen LogP contribution in [0.5, 0.6) is 5.75 Å². The van der Waals surface area contributed by atoms with Gasteiger partial charge in [-0.25, -0.2) is 0 Å². The number of ether oxygens (including phenoxy) is 1. The minimum atomic E-state index is -4.70. The molecule has 1 aromatic rings. The molecule has 2 heterocycles. The fourth-order valence-corrected chi connectivity index (χ4v) is 4.33. The highest BCUT2D eigenvalue weighted by Gasteiger charge is 2.31. The highest BCUT2D eigenvalue weighted by Crippen LogP contribution is 2.24. The van der Waals surface area contributed by atoms with Gasteiger partial charge in [-0.05, 0) is 63.4 Å². The predicted molar refractivity (Wildman–Crippen MR) is 114 cm³/mol. The summed E-state index contributed by atoms with van der Waals surface area (Å²) >= 11 is 0. The van der Waals surface area contributed by atoms with Gasteiger partial charge in [0.25, 0.3) is 0 Å². The summed E-state index contributed by atoms with van der Waals surface area (Å²) in [6.45, 7) is 7.53. The summed E-state index contributed by atoms with van der Waals surface area (Å²) in [7, 11) is 0. The Morgan fingerprint density at radius 1 is 1.23 bits per heavy atom. The lowest BCUT2D eigenvalue weighted by molar-refractivity contribution is -0.274. The van der Waals surface area contributed by atoms with Crippen LogP contribution in [-0.2, 0) is 6.42 Å². The zero-order valence-corrected chi connectivity index (χ0v) is 18.1. The maximum atomic E-state index is 12.3. The Bertz CT molecular complexity index is 706. The molecule has 2 saturated heterocycles. The number of hydrogen-bond acceptors (Lipinski definition) is 4. The van der Waals surface area contributed by atoms with E-state index in [1.807, 2.05) is 6.92 Å². The monoisotopic (exact) mass is 442 g/mol. The molecule has 31 heavy (non-hydrogen) atoms. The number of benzene rings is 1. The first kappa shape index (κ1) is 23.7. The van der Waals surface area contributed by atoms with E-state index in [-0.39, 0.29) is 18.3 Å². The molecule has 2 N–H and O–H groups in total. The van der Waals surface area contributed by atoms with Gasteiger partial charge in [0.15, 0.2) is 5.96 Å². The summed E-state index contributed by atoms with van der Waals surface area (Å²) in [6.07, 6.45) is -0.462. The third kappa shape index (κ3) is 7.28. The SMILES string of the molecule is CCNC(=NCC(CO)Cc1ccc(OC(F)(F)F)cc1)N1CCC(N2CCCC2)C1. The standard InChI is InChI=1S/C22H33F3N4O2/c1-2-26-21(29-12-9-19(15-29)28-10-3-4-11-28)27-14-18(16-30)13-17-5-7-20(8-6-17)31-22(23,24)25/h5-8,18-19,30H,2-4,9-16H2,1H3,(H,26,27). The molecule has 0 radical (unpaired) electrons. The van der Waals surface area contributed by atoms with Crippen LogP contribution in [0.3, 0.4) is 0 Å². The second-order valence-corrected chi connectivity index (χ2v) is 8.27. The molecule has 2 atom stereocenters. The number of aliphatic hydroxyl groups is 1. The highest BCUT2D eigenvalue weighted by molar-refractivity contribution is 5.80. The van der Waals surface area contributed by atoms with Gasteiger partial charge in [-0.15, -0.1) is 13.2 Å². The molecule has 0 saturated carbocycles. The molecule has 0 bridgehead atoms. The Morgan fingerprint density at radius 2 is 1.94 bits per heavy atom. The smallest absolute Gasteiger partial charge is 0.406 e. The molecule has 1 aromatic carbocycles. The van der Waals surface area contributed by atoms with Crippen LogP contribution in [0, 0.1) is 5.92 Å². The van der Waals surface area contributed by atoms with Crippen LogP contribution in [0.15, 0.2) is 29.3 Å². The van der Waals surface area contributed by atoms with E-state index in [0.717, 1.165) is 37.6 Å². The number of likely N-dealkylation sites (tertiary alicyclic amines) is 2. The zero-order chi connectivity index (χ0) is 22.3. The van der Waals surface area contributed by atoms with Gasteiger partial charge in [0.05, 0.1) is 0 Å². The van der Waals surface area contributed by atoms with Crippen LogP contribution < -0.4 is 10.1 Å². The average molecular weight is 443 g/mol. The van der Waals surface area contributed by atoms with Crippen LogP contribution in [0.2, 0.25) is 0 Å². The number of rotatable bonds is 8.